The van der Waals surface area contributed by atoms with Crippen LogP contribution in [0.4, 0.5) is 0 Å². The minimum atomic E-state index is -1.17. The van der Waals surface area contributed by atoms with Crippen molar-refractivity contribution in [1.29, 1.82) is 0 Å². The summed E-state index contributed by atoms with van der Waals surface area (Å²) in [6.45, 7) is 9.76. The Balaban J connectivity index is 1.94. The molecule has 1 fully saturated rings. The van der Waals surface area contributed by atoms with E-state index in [4.69, 9.17) is 14.2 Å². The van der Waals surface area contributed by atoms with E-state index in [0.29, 0.717) is 19.4 Å². The van der Waals surface area contributed by atoms with Gasteiger partial charge in [0.2, 0.25) is 0 Å². The van der Waals surface area contributed by atoms with E-state index in [1.165, 1.54) is 0 Å². The molecule has 1 aromatic carbocycles. The average Bonchev–Trinajstić information content (AvgIpc) is 3.00. The Morgan fingerprint density at radius 2 is 1.91 bits per heavy atom. The summed E-state index contributed by atoms with van der Waals surface area (Å²) in [5.74, 6) is -1.21. The van der Waals surface area contributed by atoms with Crippen molar-refractivity contribution >= 4 is 5.97 Å². The van der Waals surface area contributed by atoms with Gasteiger partial charge < -0.3 is 24.4 Å². The Morgan fingerprint density at radius 1 is 1.22 bits per heavy atom. The van der Waals surface area contributed by atoms with Crippen LogP contribution in [0.1, 0.15) is 53.0 Å². The molecule has 0 radical (unpaired) electrons. The number of aliphatic hydroxyl groups is 2. The summed E-state index contributed by atoms with van der Waals surface area (Å²) in [7, 11) is 0. The smallest absolute Gasteiger partial charge is 0.312 e. The van der Waals surface area contributed by atoms with Crippen LogP contribution in [-0.2, 0) is 25.6 Å². The van der Waals surface area contributed by atoms with Crippen molar-refractivity contribution < 1.29 is 29.2 Å². The lowest BCUT2D eigenvalue weighted by atomic mass is 9.84. The molecule has 8 atom stereocenters. The molecule has 2 aliphatic heterocycles. The summed E-state index contributed by atoms with van der Waals surface area (Å²) in [6, 6.07) is 9.92. The number of rotatable bonds is 4. The molecule has 0 aliphatic carbocycles. The SMILES string of the molecule is CC[C@H]1OC(=O)[C@H](C)[C@H]2O[C@@](C)(C[C@@H](C)[C@H](OCc3ccccc3)C=C=C1C)[C@H](O)[C@@H]2O. The molecule has 1 aromatic rings. The fraction of sp³-hybridized carbons (Fsp3) is 0.615. The third-order valence-electron chi connectivity index (χ3n) is 6.72. The van der Waals surface area contributed by atoms with Gasteiger partial charge in [-0.1, -0.05) is 44.2 Å². The van der Waals surface area contributed by atoms with Gasteiger partial charge in [0.25, 0.3) is 0 Å². The van der Waals surface area contributed by atoms with Crippen LogP contribution >= 0.6 is 0 Å². The number of aliphatic hydroxyl groups excluding tert-OH is 2. The third kappa shape index (κ3) is 5.33. The normalized spacial score (nSPS) is 38.3. The number of benzene rings is 1. The highest BCUT2D eigenvalue weighted by Crippen LogP contribution is 2.40. The molecule has 0 aromatic heterocycles. The third-order valence-corrected chi connectivity index (χ3v) is 6.72. The van der Waals surface area contributed by atoms with Crippen molar-refractivity contribution in [2.75, 3.05) is 0 Å². The highest BCUT2D eigenvalue weighted by Gasteiger charge is 2.54. The van der Waals surface area contributed by atoms with Crippen molar-refractivity contribution in [3.05, 3.63) is 53.3 Å². The van der Waals surface area contributed by atoms with Gasteiger partial charge >= 0.3 is 5.97 Å². The first kappa shape index (κ1) is 24.7. The van der Waals surface area contributed by atoms with Gasteiger partial charge in [-0.05, 0) is 51.2 Å². The van der Waals surface area contributed by atoms with Gasteiger partial charge in [-0.2, -0.15) is 0 Å². The number of hydrogen-bond acceptors (Lipinski definition) is 6. The van der Waals surface area contributed by atoms with E-state index in [9.17, 15) is 15.0 Å². The summed E-state index contributed by atoms with van der Waals surface area (Å²) in [4.78, 5) is 12.8. The number of esters is 1. The standard InChI is InChI=1S/C26H36O6/c1-6-20-16(2)12-13-21(30-15-19-10-8-7-9-11-19)17(3)14-26(5)24(28)22(27)23(32-26)18(4)25(29)31-20/h7-11,13,17-18,20-24,27-28H,6,14-15H2,1-5H3/t12?,17-,18-,20-,21-,22-,23-,24-,26+/m1/s1. The zero-order chi connectivity index (χ0) is 23.5. The van der Waals surface area contributed by atoms with E-state index in [1.807, 2.05) is 57.2 Å². The zero-order valence-corrected chi connectivity index (χ0v) is 19.7. The maximum Gasteiger partial charge on any atom is 0.312 e. The van der Waals surface area contributed by atoms with Gasteiger partial charge in [-0.3, -0.25) is 4.79 Å². The molecule has 0 spiro atoms. The predicted octanol–water partition coefficient (Wildman–Crippen LogP) is 3.55. The molecule has 2 heterocycles. The van der Waals surface area contributed by atoms with Gasteiger partial charge in [-0.25, -0.2) is 0 Å². The van der Waals surface area contributed by atoms with Crippen LogP contribution in [0.2, 0.25) is 0 Å². The van der Waals surface area contributed by atoms with Crippen LogP contribution in [0.5, 0.6) is 0 Å². The maximum absolute atomic E-state index is 12.8. The van der Waals surface area contributed by atoms with E-state index < -0.39 is 41.9 Å². The quantitative estimate of drug-likeness (QED) is 0.546. The lowest BCUT2D eigenvalue weighted by molar-refractivity contribution is -0.162. The molecule has 0 unspecified atom stereocenters. The number of fused-ring (bicyclic) bond motifs is 2. The van der Waals surface area contributed by atoms with Crippen molar-refractivity contribution in [3.8, 4) is 0 Å². The van der Waals surface area contributed by atoms with Crippen molar-refractivity contribution in [2.45, 2.75) is 90.2 Å². The van der Waals surface area contributed by atoms with E-state index in [1.54, 1.807) is 13.8 Å². The molecule has 32 heavy (non-hydrogen) atoms. The highest BCUT2D eigenvalue weighted by atomic mass is 16.6. The van der Waals surface area contributed by atoms with Crippen LogP contribution in [0, 0.1) is 11.8 Å². The van der Waals surface area contributed by atoms with Gasteiger partial charge in [0, 0.05) is 5.57 Å². The number of cyclic esters (lactones) is 1. The fourth-order valence-electron chi connectivity index (χ4n) is 4.62. The molecule has 1 saturated heterocycles. The Hall–Kier alpha value is -1.95. The Labute approximate surface area is 190 Å². The van der Waals surface area contributed by atoms with Gasteiger partial charge in [-0.15, -0.1) is 5.73 Å². The van der Waals surface area contributed by atoms with E-state index in [0.717, 1.165) is 11.1 Å². The first-order chi connectivity index (χ1) is 15.2. The summed E-state index contributed by atoms with van der Waals surface area (Å²) in [6.07, 6.45) is -0.947. The predicted molar refractivity (Wildman–Crippen MR) is 121 cm³/mol. The minimum absolute atomic E-state index is 0.0441. The highest BCUT2D eigenvalue weighted by molar-refractivity contribution is 5.73. The van der Waals surface area contributed by atoms with Crippen LogP contribution in [0.25, 0.3) is 0 Å². The molecule has 6 heteroatoms. The number of ether oxygens (including phenoxy) is 3. The molecular formula is C26H36O6. The van der Waals surface area contributed by atoms with Gasteiger partial charge in [0.1, 0.15) is 18.3 Å². The van der Waals surface area contributed by atoms with Gasteiger partial charge in [0.15, 0.2) is 0 Å². The second-order valence-corrected chi connectivity index (χ2v) is 9.39. The Morgan fingerprint density at radius 3 is 2.56 bits per heavy atom. The summed E-state index contributed by atoms with van der Waals surface area (Å²) >= 11 is 0. The number of hydrogen-bond donors (Lipinski definition) is 2. The van der Waals surface area contributed by atoms with E-state index >= 15 is 0 Å². The van der Waals surface area contributed by atoms with Crippen LogP contribution in [-0.4, -0.2) is 52.3 Å². The van der Waals surface area contributed by atoms with Gasteiger partial charge in [0.05, 0.1) is 30.3 Å². The molecule has 2 bridgehead atoms. The minimum Gasteiger partial charge on any atom is -0.457 e. The fourth-order valence-corrected chi connectivity index (χ4v) is 4.62. The second kappa shape index (κ2) is 10.3. The van der Waals surface area contributed by atoms with E-state index in [-0.39, 0.29) is 12.0 Å². The largest absolute Gasteiger partial charge is 0.457 e. The Kier molecular flexibility index (Phi) is 7.97. The first-order valence-electron chi connectivity index (χ1n) is 11.5. The van der Waals surface area contributed by atoms with Crippen LogP contribution < -0.4 is 0 Å². The molecule has 6 nitrogen and oxygen atoms in total. The van der Waals surface area contributed by atoms with Crippen molar-refractivity contribution in [3.63, 3.8) is 0 Å². The molecule has 0 amide bonds. The Bertz CT molecular complexity index is 845. The molecule has 2 aliphatic rings. The maximum atomic E-state index is 12.8. The molecule has 176 valence electrons. The summed E-state index contributed by atoms with van der Waals surface area (Å²) < 4.78 is 18.1. The van der Waals surface area contributed by atoms with Crippen LogP contribution in [0.15, 0.2) is 47.7 Å². The van der Waals surface area contributed by atoms with Crippen molar-refractivity contribution in [1.82, 2.24) is 0 Å². The first-order valence-corrected chi connectivity index (χ1v) is 11.5. The second-order valence-electron chi connectivity index (χ2n) is 9.39. The van der Waals surface area contributed by atoms with Crippen LogP contribution in [0.3, 0.4) is 0 Å². The zero-order valence-electron chi connectivity index (χ0n) is 19.7. The lowest BCUT2D eigenvalue weighted by Crippen LogP contribution is -2.43. The molecular weight excluding hydrogens is 408 g/mol. The lowest BCUT2D eigenvalue weighted by Gasteiger charge is -2.33. The number of carbonyl (C=O) groups excluding carboxylic acids is 1. The summed E-state index contributed by atoms with van der Waals surface area (Å²) in [5, 5.41) is 21.5. The molecule has 0 saturated carbocycles. The topological polar surface area (TPSA) is 85.2 Å². The monoisotopic (exact) mass is 444 g/mol. The van der Waals surface area contributed by atoms with E-state index in [2.05, 4.69) is 5.73 Å². The average molecular weight is 445 g/mol. The summed E-state index contributed by atoms with van der Waals surface area (Å²) in [5.41, 5.74) is 4.14. The molecule has 3 rings (SSSR count). The molecule has 2 N–H and O–H groups in total. The number of carbonyl (C=O) groups is 1. The van der Waals surface area contributed by atoms with Crippen molar-refractivity contribution in [2.24, 2.45) is 11.8 Å².